The Labute approximate surface area is 306 Å². The first-order chi connectivity index (χ1) is 26.3. The second-order valence-corrected chi connectivity index (χ2v) is 13.7. The monoisotopic (exact) mass is 678 g/mol. The molecule has 0 N–H and O–H groups in total. The Bertz CT molecular complexity index is 2860. The van der Waals surface area contributed by atoms with E-state index in [1.54, 1.807) is 0 Å². The minimum absolute atomic E-state index is 0.519. The van der Waals surface area contributed by atoms with E-state index in [4.69, 9.17) is 14.5 Å². The van der Waals surface area contributed by atoms with Gasteiger partial charge in [-0.15, -0.1) is 0 Å². The predicted octanol–water partition coefficient (Wildman–Crippen LogP) is 12.4. The van der Waals surface area contributed by atoms with Gasteiger partial charge in [0.05, 0.1) is 22.1 Å². The quantitative estimate of drug-likeness (QED) is 0.174. The summed E-state index contributed by atoms with van der Waals surface area (Å²) in [6.07, 6.45) is 1.82. The van der Waals surface area contributed by atoms with E-state index in [-0.39, 0.29) is 0 Å². The lowest BCUT2D eigenvalue weighted by atomic mass is 9.67. The fraction of sp³-hybridized carbons (Fsp3) is 0.0204. The maximum atomic E-state index is 6.89. The van der Waals surface area contributed by atoms with E-state index < -0.39 is 5.41 Å². The van der Waals surface area contributed by atoms with Gasteiger partial charge in [-0.05, 0) is 75.3 Å². The second kappa shape index (κ2) is 11.5. The molecule has 3 heterocycles. The van der Waals surface area contributed by atoms with Crippen molar-refractivity contribution < 1.29 is 9.47 Å². The zero-order valence-corrected chi connectivity index (χ0v) is 28.5. The van der Waals surface area contributed by atoms with Crippen LogP contribution in [-0.2, 0) is 5.41 Å². The van der Waals surface area contributed by atoms with Gasteiger partial charge in [0.15, 0.2) is 23.0 Å². The molecule has 53 heavy (non-hydrogen) atoms. The van der Waals surface area contributed by atoms with Crippen LogP contribution in [0.2, 0.25) is 0 Å². The first-order valence-corrected chi connectivity index (χ1v) is 17.9. The largest absolute Gasteiger partial charge is 0.449 e. The Morgan fingerprint density at radius 2 is 1.09 bits per heavy atom. The fourth-order valence-electron chi connectivity index (χ4n) is 8.50. The molecule has 0 atom stereocenters. The Morgan fingerprint density at radius 1 is 0.415 bits per heavy atom. The van der Waals surface area contributed by atoms with E-state index in [1.165, 1.54) is 27.8 Å². The lowest BCUT2D eigenvalue weighted by Gasteiger charge is -2.34. The molecule has 0 radical (unpaired) electrons. The van der Waals surface area contributed by atoms with Crippen molar-refractivity contribution in [3.63, 3.8) is 0 Å². The minimum atomic E-state index is -0.519. The number of para-hydroxylation sites is 1. The average Bonchev–Trinajstić information content (AvgIpc) is 3.52. The highest BCUT2D eigenvalue weighted by Crippen LogP contribution is 2.60. The smallest absolute Gasteiger partial charge is 0.177 e. The van der Waals surface area contributed by atoms with Crippen LogP contribution in [0.25, 0.3) is 55.3 Å². The van der Waals surface area contributed by atoms with Gasteiger partial charge in [0.1, 0.15) is 0 Å². The highest BCUT2D eigenvalue weighted by Gasteiger charge is 2.47. The third kappa shape index (κ3) is 4.42. The molecule has 1 aliphatic carbocycles. The molecule has 0 fully saturated rings. The molecular formula is C49H30N2O2. The molecule has 0 saturated heterocycles. The third-order valence-corrected chi connectivity index (χ3v) is 10.8. The van der Waals surface area contributed by atoms with Crippen LogP contribution in [0.15, 0.2) is 182 Å². The summed E-state index contributed by atoms with van der Waals surface area (Å²) in [5, 5.41) is 2.14. The van der Waals surface area contributed by atoms with Crippen LogP contribution < -0.4 is 9.47 Å². The molecule has 0 bridgehead atoms. The van der Waals surface area contributed by atoms with Crippen molar-refractivity contribution in [2.24, 2.45) is 0 Å². The number of benzene rings is 7. The van der Waals surface area contributed by atoms with E-state index in [9.17, 15) is 0 Å². The van der Waals surface area contributed by atoms with Crippen LogP contribution in [-0.4, -0.2) is 9.97 Å². The molecule has 1 aliphatic heterocycles. The number of hydrogen-bond acceptors (Lipinski definition) is 4. The summed E-state index contributed by atoms with van der Waals surface area (Å²) < 4.78 is 13.7. The van der Waals surface area contributed by atoms with Crippen molar-refractivity contribution in [1.82, 2.24) is 9.97 Å². The summed E-state index contributed by atoms with van der Waals surface area (Å²) in [6, 6.07) is 61.7. The van der Waals surface area contributed by atoms with Gasteiger partial charge in [-0.3, -0.25) is 4.98 Å². The number of pyridine rings is 2. The van der Waals surface area contributed by atoms with Crippen molar-refractivity contribution in [1.29, 1.82) is 0 Å². The minimum Gasteiger partial charge on any atom is -0.449 e. The van der Waals surface area contributed by atoms with Gasteiger partial charge >= 0.3 is 0 Å². The van der Waals surface area contributed by atoms with Crippen LogP contribution in [0.1, 0.15) is 22.3 Å². The van der Waals surface area contributed by atoms with Crippen molar-refractivity contribution in [3.8, 4) is 56.5 Å². The SMILES string of the molecule is c1ccc(C2(c3ccccc3)c3ccccc3-c3cc4c(cc32)Oc2cccc(-c3cccc(-c5ccc6ccc7cccnc7c6n5)c3)c2O4)cc1. The molecule has 0 amide bonds. The standard InChI is InChI=1S/C49H30N2O2/c1-3-15-35(16-4-1)49(36-17-5-2-6-18-36)40-21-8-7-19-38(40)39-29-44-45(30-41(39)49)52-43-22-10-20-37(48(43)53-44)33-12-9-13-34(28-33)42-26-25-32-24-23-31-14-11-27-50-46(31)47(32)51-42/h1-30H. The summed E-state index contributed by atoms with van der Waals surface area (Å²) in [7, 11) is 0. The van der Waals surface area contributed by atoms with Crippen LogP contribution >= 0.6 is 0 Å². The van der Waals surface area contributed by atoms with Crippen molar-refractivity contribution in [2.75, 3.05) is 0 Å². The van der Waals surface area contributed by atoms with E-state index in [0.717, 1.165) is 49.8 Å². The fourth-order valence-corrected chi connectivity index (χ4v) is 8.50. The van der Waals surface area contributed by atoms with Crippen molar-refractivity contribution in [3.05, 3.63) is 204 Å². The maximum Gasteiger partial charge on any atom is 0.177 e. The first-order valence-electron chi connectivity index (χ1n) is 17.9. The molecule has 11 rings (SSSR count). The maximum absolute atomic E-state index is 6.89. The molecule has 2 aromatic heterocycles. The molecule has 4 nitrogen and oxygen atoms in total. The topological polar surface area (TPSA) is 44.2 Å². The lowest BCUT2D eigenvalue weighted by molar-refractivity contribution is 0.360. The number of fused-ring (bicyclic) bond motifs is 8. The normalized spacial score (nSPS) is 13.4. The van der Waals surface area contributed by atoms with Gasteiger partial charge in [-0.2, -0.15) is 0 Å². The second-order valence-electron chi connectivity index (χ2n) is 13.7. The van der Waals surface area contributed by atoms with Crippen LogP contribution in [0.3, 0.4) is 0 Å². The summed E-state index contributed by atoms with van der Waals surface area (Å²) in [6.45, 7) is 0. The van der Waals surface area contributed by atoms with Gasteiger partial charge in [0.2, 0.25) is 0 Å². The van der Waals surface area contributed by atoms with Gasteiger partial charge in [0, 0.05) is 28.1 Å². The summed E-state index contributed by atoms with van der Waals surface area (Å²) >= 11 is 0. The zero-order valence-electron chi connectivity index (χ0n) is 28.5. The molecule has 9 aromatic rings. The van der Waals surface area contributed by atoms with E-state index >= 15 is 0 Å². The molecular weight excluding hydrogens is 649 g/mol. The van der Waals surface area contributed by atoms with Gasteiger partial charge in [0.25, 0.3) is 0 Å². The molecule has 0 unspecified atom stereocenters. The van der Waals surface area contributed by atoms with Gasteiger partial charge in [-0.25, -0.2) is 4.98 Å². The third-order valence-electron chi connectivity index (χ3n) is 10.8. The highest BCUT2D eigenvalue weighted by atomic mass is 16.6. The van der Waals surface area contributed by atoms with Crippen LogP contribution in [0.4, 0.5) is 0 Å². The summed E-state index contributed by atoms with van der Waals surface area (Å²) in [4.78, 5) is 9.77. The highest BCUT2D eigenvalue weighted by molar-refractivity contribution is 6.03. The molecule has 0 spiro atoms. The Hall–Kier alpha value is -7.04. The summed E-state index contributed by atoms with van der Waals surface area (Å²) in [5.74, 6) is 2.78. The van der Waals surface area contributed by atoms with Crippen molar-refractivity contribution in [2.45, 2.75) is 5.41 Å². The molecule has 248 valence electrons. The molecule has 7 aromatic carbocycles. The van der Waals surface area contributed by atoms with Crippen LogP contribution in [0, 0.1) is 0 Å². The van der Waals surface area contributed by atoms with E-state index in [1.807, 2.05) is 24.4 Å². The van der Waals surface area contributed by atoms with Gasteiger partial charge in [-0.1, -0.05) is 140 Å². The lowest BCUT2D eigenvalue weighted by Crippen LogP contribution is -2.28. The number of aromatic nitrogens is 2. The number of nitrogens with zero attached hydrogens (tertiary/aromatic N) is 2. The number of hydrogen-bond donors (Lipinski definition) is 0. The zero-order chi connectivity index (χ0) is 34.9. The Balaban J connectivity index is 1.03. The Morgan fingerprint density at radius 3 is 1.92 bits per heavy atom. The summed E-state index contributed by atoms with van der Waals surface area (Å²) in [5.41, 5.74) is 12.3. The van der Waals surface area contributed by atoms with E-state index in [2.05, 4.69) is 163 Å². The van der Waals surface area contributed by atoms with Crippen molar-refractivity contribution >= 4 is 21.8 Å². The van der Waals surface area contributed by atoms with Crippen LogP contribution in [0.5, 0.6) is 23.0 Å². The first kappa shape index (κ1) is 29.7. The molecule has 4 heteroatoms. The predicted molar refractivity (Wildman–Crippen MR) is 212 cm³/mol. The average molecular weight is 679 g/mol. The number of ether oxygens (including phenoxy) is 2. The van der Waals surface area contributed by atoms with Gasteiger partial charge < -0.3 is 9.47 Å². The molecule has 2 aliphatic rings. The molecule has 0 saturated carbocycles. The van der Waals surface area contributed by atoms with E-state index in [0.29, 0.717) is 23.0 Å². The Kier molecular flexibility index (Phi) is 6.43. The number of rotatable bonds is 4.